The lowest BCUT2D eigenvalue weighted by Gasteiger charge is -2.24. The van der Waals surface area contributed by atoms with Gasteiger partial charge in [0, 0.05) is 6.04 Å². The van der Waals surface area contributed by atoms with Crippen molar-refractivity contribution in [2.24, 2.45) is 0 Å². The zero-order valence-corrected chi connectivity index (χ0v) is 8.60. The van der Waals surface area contributed by atoms with Crippen molar-refractivity contribution in [3.63, 3.8) is 0 Å². The SMILES string of the molecule is Fc1cccc(F)c1NC1CCCCC1. The second-order valence-corrected chi connectivity index (χ2v) is 4.08. The van der Waals surface area contributed by atoms with Gasteiger partial charge in [-0.1, -0.05) is 25.3 Å². The van der Waals surface area contributed by atoms with Gasteiger partial charge >= 0.3 is 0 Å². The van der Waals surface area contributed by atoms with Crippen LogP contribution in [0, 0.1) is 11.6 Å². The lowest BCUT2D eigenvalue weighted by Crippen LogP contribution is -2.23. The minimum atomic E-state index is -0.499. The normalized spacial score (nSPS) is 17.7. The highest BCUT2D eigenvalue weighted by atomic mass is 19.1. The van der Waals surface area contributed by atoms with E-state index in [1.165, 1.54) is 24.6 Å². The van der Waals surface area contributed by atoms with Gasteiger partial charge in [0.2, 0.25) is 0 Å². The third-order valence-electron chi connectivity index (χ3n) is 2.92. The molecule has 1 nitrogen and oxygen atoms in total. The average molecular weight is 211 g/mol. The predicted octanol–water partition coefficient (Wildman–Crippen LogP) is 3.71. The molecule has 0 unspecified atom stereocenters. The Balaban J connectivity index is 2.09. The largest absolute Gasteiger partial charge is 0.378 e. The first kappa shape index (κ1) is 10.4. The van der Waals surface area contributed by atoms with E-state index in [1.54, 1.807) is 0 Å². The molecular weight excluding hydrogens is 196 g/mol. The second-order valence-electron chi connectivity index (χ2n) is 4.08. The third-order valence-corrected chi connectivity index (χ3v) is 2.92. The molecule has 0 aromatic heterocycles. The fraction of sp³-hybridized carbons (Fsp3) is 0.500. The van der Waals surface area contributed by atoms with Crippen LogP contribution in [0.2, 0.25) is 0 Å². The van der Waals surface area contributed by atoms with Crippen molar-refractivity contribution in [2.45, 2.75) is 38.1 Å². The minimum absolute atomic E-state index is 0.0319. The topological polar surface area (TPSA) is 12.0 Å². The lowest BCUT2D eigenvalue weighted by molar-refractivity contribution is 0.457. The molecule has 0 bridgehead atoms. The molecule has 1 fully saturated rings. The molecule has 15 heavy (non-hydrogen) atoms. The van der Waals surface area contributed by atoms with Gasteiger partial charge in [0.1, 0.15) is 17.3 Å². The van der Waals surface area contributed by atoms with Crippen LogP contribution in [0.1, 0.15) is 32.1 Å². The van der Waals surface area contributed by atoms with E-state index in [-0.39, 0.29) is 11.7 Å². The van der Waals surface area contributed by atoms with Crippen molar-refractivity contribution in [3.05, 3.63) is 29.8 Å². The minimum Gasteiger partial charge on any atom is -0.378 e. The second kappa shape index (κ2) is 4.60. The molecule has 2 rings (SSSR count). The summed E-state index contributed by atoms with van der Waals surface area (Å²) in [5, 5.41) is 2.97. The molecule has 1 aliphatic rings. The lowest BCUT2D eigenvalue weighted by atomic mass is 9.95. The number of hydrogen-bond donors (Lipinski definition) is 1. The number of benzene rings is 1. The van der Waals surface area contributed by atoms with E-state index in [2.05, 4.69) is 5.32 Å². The summed E-state index contributed by atoms with van der Waals surface area (Å²) in [6, 6.07) is 4.18. The van der Waals surface area contributed by atoms with Crippen molar-refractivity contribution in [3.8, 4) is 0 Å². The molecule has 1 N–H and O–H groups in total. The van der Waals surface area contributed by atoms with Crippen LogP contribution in [0.15, 0.2) is 18.2 Å². The molecule has 0 aliphatic heterocycles. The summed E-state index contributed by atoms with van der Waals surface area (Å²) in [5.74, 6) is -0.999. The van der Waals surface area contributed by atoms with Crippen molar-refractivity contribution in [1.29, 1.82) is 0 Å². The van der Waals surface area contributed by atoms with Gasteiger partial charge < -0.3 is 5.32 Å². The Hall–Kier alpha value is -1.12. The van der Waals surface area contributed by atoms with Crippen molar-refractivity contribution in [2.75, 3.05) is 5.32 Å². The number of nitrogens with one attached hydrogen (secondary N) is 1. The van der Waals surface area contributed by atoms with E-state index in [0.717, 1.165) is 25.7 Å². The molecule has 3 heteroatoms. The maximum Gasteiger partial charge on any atom is 0.149 e. The molecule has 0 heterocycles. The Morgan fingerprint density at radius 1 is 1.00 bits per heavy atom. The Bertz CT molecular complexity index is 312. The van der Waals surface area contributed by atoms with E-state index >= 15 is 0 Å². The first-order chi connectivity index (χ1) is 7.27. The Kier molecular flexibility index (Phi) is 3.19. The van der Waals surface area contributed by atoms with E-state index < -0.39 is 11.6 Å². The first-order valence-electron chi connectivity index (χ1n) is 5.48. The molecule has 0 radical (unpaired) electrons. The van der Waals surface area contributed by atoms with E-state index in [9.17, 15) is 8.78 Å². The highest BCUT2D eigenvalue weighted by molar-refractivity contribution is 5.46. The molecule has 0 amide bonds. The first-order valence-corrected chi connectivity index (χ1v) is 5.48. The zero-order chi connectivity index (χ0) is 10.7. The highest BCUT2D eigenvalue weighted by Gasteiger charge is 2.16. The number of rotatable bonds is 2. The fourth-order valence-electron chi connectivity index (χ4n) is 2.09. The number of halogens is 2. The van der Waals surface area contributed by atoms with Crippen molar-refractivity contribution < 1.29 is 8.78 Å². The number of hydrogen-bond acceptors (Lipinski definition) is 1. The van der Waals surface area contributed by atoms with Gasteiger partial charge in [0.25, 0.3) is 0 Å². The monoisotopic (exact) mass is 211 g/mol. The smallest absolute Gasteiger partial charge is 0.149 e. The van der Waals surface area contributed by atoms with E-state index in [1.807, 2.05) is 0 Å². The standard InChI is InChI=1S/C12H15F2N/c13-10-7-4-8-11(14)12(10)15-9-5-2-1-3-6-9/h4,7-9,15H,1-3,5-6H2. The van der Waals surface area contributed by atoms with Gasteiger partial charge in [-0.15, -0.1) is 0 Å². The van der Waals surface area contributed by atoms with Crippen molar-refractivity contribution >= 4 is 5.69 Å². The summed E-state index contributed by atoms with van der Waals surface area (Å²) in [6.45, 7) is 0. The summed E-state index contributed by atoms with van der Waals surface area (Å²) in [4.78, 5) is 0. The summed E-state index contributed by atoms with van der Waals surface area (Å²) in [6.07, 6.45) is 5.54. The molecular formula is C12H15F2N. The summed E-state index contributed by atoms with van der Waals surface area (Å²) >= 11 is 0. The number of para-hydroxylation sites is 1. The van der Waals surface area contributed by atoms with Crippen LogP contribution in [0.4, 0.5) is 14.5 Å². The van der Waals surface area contributed by atoms with Crippen LogP contribution in [0.3, 0.4) is 0 Å². The van der Waals surface area contributed by atoms with Gasteiger partial charge in [-0.2, -0.15) is 0 Å². The Labute approximate surface area is 88.5 Å². The van der Waals surface area contributed by atoms with Gasteiger partial charge in [-0.3, -0.25) is 0 Å². The van der Waals surface area contributed by atoms with Crippen molar-refractivity contribution in [1.82, 2.24) is 0 Å². The Morgan fingerprint density at radius 2 is 1.60 bits per heavy atom. The van der Waals surface area contributed by atoms with Crippen LogP contribution in [-0.2, 0) is 0 Å². The van der Waals surface area contributed by atoms with E-state index in [4.69, 9.17) is 0 Å². The molecule has 1 saturated carbocycles. The van der Waals surface area contributed by atoms with Gasteiger partial charge in [-0.05, 0) is 25.0 Å². The van der Waals surface area contributed by atoms with Crippen LogP contribution in [0.5, 0.6) is 0 Å². The molecule has 82 valence electrons. The predicted molar refractivity (Wildman–Crippen MR) is 56.9 cm³/mol. The highest BCUT2D eigenvalue weighted by Crippen LogP contribution is 2.24. The molecule has 0 spiro atoms. The Morgan fingerprint density at radius 3 is 2.20 bits per heavy atom. The quantitative estimate of drug-likeness (QED) is 0.786. The fourth-order valence-corrected chi connectivity index (χ4v) is 2.09. The average Bonchev–Trinajstić information content (AvgIpc) is 2.25. The third kappa shape index (κ3) is 2.46. The van der Waals surface area contributed by atoms with Gasteiger partial charge in [0.15, 0.2) is 0 Å². The maximum atomic E-state index is 13.3. The summed E-state index contributed by atoms with van der Waals surface area (Å²) < 4.78 is 26.6. The van der Waals surface area contributed by atoms with Gasteiger partial charge in [-0.25, -0.2) is 8.78 Å². The molecule has 1 aromatic rings. The number of anilines is 1. The molecule has 0 atom stereocenters. The van der Waals surface area contributed by atoms with E-state index in [0.29, 0.717) is 0 Å². The molecule has 1 aliphatic carbocycles. The molecule has 0 saturated heterocycles. The zero-order valence-electron chi connectivity index (χ0n) is 8.60. The van der Waals surface area contributed by atoms with Crippen LogP contribution in [-0.4, -0.2) is 6.04 Å². The maximum absolute atomic E-state index is 13.3. The molecule has 1 aromatic carbocycles. The summed E-state index contributed by atoms with van der Waals surface area (Å²) in [7, 11) is 0. The summed E-state index contributed by atoms with van der Waals surface area (Å²) in [5.41, 5.74) is 0.0319. The van der Waals surface area contributed by atoms with Crippen LogP contribution in [0.25, 0.3) is 0 Å². The van der Waals surface area contributed by atoms with Crippen LogP contribution >= 0.6 is 0 Å². The van der Waals surface area contributed by atoms with Crippen LogP contribution < -0.4 is 5.32 Å². The van der Waals surface area contributed by atoms with Gasteiger partial charge in [0.05, 0.1) is 0 Å².